The largest absolute Gasteiger partial charge is 0.497 e. The summed E-state index contributed by atoms with van der Waals surface area (Å²) in [7, 11) is 5.66. The highest BCUT2D eigenvalue weighted by molar-refractivity contribution is 5.95. The molecule has 0 N–H and O–H groups in total. The van der Waals surface area contributed by atoms with Crippen LogP contribution in [0.5, 0.6) is 5.75 Å². The number of hydrogen-bond donors (Lipinski definition) is 0. The average Bonchev–Trinajstić information content (AvgIpc) is 3.00. The zero-order chi connectivity index (χ0) is 17.8. The van der Waals surface area contributed by atoms with E-state index in [4.69, 9.17) is 14.2 Å². The van der Waals surface area contributed by atoms with Gasteiger partial charge in [0.05, 0.1) is 26.3 Å². The Labute approximate surface area is 149 Å². The van der Waals surface area contributed by atoms with E-state index in [1.165, 1.54) is 0 Å². The first-order chi connectivity index (χ1) is 12.1. The Kier molecular flexibility index (Phi) is 5.93. The number of carbonyl (C=O) groups excluding carboxylic acids is 1. The van der Waals surface area contributed by atoms with E-state index in [-0.39, 0.29) is 24.2 Å². The molecule has 3 atom stereocenters. The molecule has 1 aromatic carbocycles. The second-order valence-corrected chi connectivity index (χ2v) is 6.95. The van der Waals surface area contributed by atoms with Gasteiger partial charge in [-0.2, -0.15) is 0 Å². The molecular formula is C19H28N2O4. The molecule has 0 aliphatic carbocycles. The molecule has 0 spiro atoms. The summed E-state index contributed by atoms with van der Waals surface area (Å²) in [4.78, 5) is 17.1. The van der Waals surface area contributed by atoms with Crippen molar-refractivity contribution in [2.24, 2.45) is 0 Å². The van der Waals surface area contributed by atoms with Gasteiger partial charge >= 0.3 is 0 Å². The minimum atomic E-state index is -0.0557. The van der Waals surface area contributed by atoms with Crippen LogP contribution in [0, 0.1) is 0 Å². The molecule has 2 aliphatic rings. The Morgan fingerprint density at radius 1 is 1.40 bits per heavy atom. The summed E-state index contributed by atoms with van der Waals surface area (Å²) < 4.78 is 17.3. The van der Waals surface area contributed by atoms with Crippen molar-refractivity contribution in [3.05, 3.63) is 29.8 Å². The van der Waals surface area contributed by atoms with Crippen molar-refractivity contribution in [1.29, 1.82) is 0 Å². The van der Waals surface area contributed by atoms with Gasteiger partial charge in [-0.3, -0.25) is 4.79 Å². The maximum atomic E-state index is 13.0. The first-order valence-corrected chi connectivity index (χ1v) is 8.93. The van der Waals surface area contributed by atoms with Crippen LogP contribution in [0.15, 0.2) is 24.3 Å². The topological polar surface area (TPSA) is 51.2 Å². The number of fused-ring (bicyclic) bond motifs is 1. The Hall–Kier alpha value is -1.63. The normalized spacial score (nSPS) is 25.9. The quantitative estimate of drug-likeness (QED) is 0.782. The van der Waals surface area contributed by atoms with Gasteiger partial charge in [-0.15, -0.1) is 0 Å². The Morgan fingerprint density at radius 3 is 3.00 bits per heavy atom. The molecule has 138 valence electrons. The summed E-state index contributed by atoms with van der Waals surface area (Å²) in [6.45, 7) is 2.83. The number of benzene rings is 1. The van der Waals surface area contributed by atoms with Crippen LogP contribution in [0.25, 0.3) is 0 Å². The average molecular weight is 348 g/mol. The fraction of sp³-hybridized carbons (Fsp3) is 0.632. The molecule has 2 heterocycles. The van der Waals surface area contributed by atoms with Crippen molar-refractivity contribution >= 4 is 5.91 Å². The van der Waals surface area contributed by atoms with E-state index in [2.05, 4.69) is 4.90 Å². The molecule has 6 heteroatoms. The van der Waals surface area contributed by atoms with Gasteiger partial charge in [-0.25, -0.2) is 0 Å². The van der Waals surface area contributed by atoms with Crippen molar-refractivity contribution in [1.82, 2.24) is 9.80 Å². The summed E-state index contributed by atoms with van der Waals surface area (Å²) in [5, 5.41) is 0. The third-order valence-corrected chi connectivity index (χ3v) is 4.93. The SMILES string of the molecule is COc1cccc(C(=O)N2C[C@@H](OCCN(C)C)[C@@H]3OCCC[C@@H]32)c1. The lowest BCUT2D eigenvalue weighted by atomic mass is 10.0. The smallest absolute Gasteiger partial charge is 0.254 e. The molecule has 2 saturated heterocycles. The lowest BCUT2D eigenvalue weighted by Gasteiger charge is -2.32. The Balaban J connectivity index is 1.72. The maximum absolute atomic E-state index is 13.0. The Morgan fingerprint density at radius 2 is 2.24 bits per heavy atom. The van der Waals surface area contributed by atoms with Gasteiger partial charge in [0.25, 0.3) is 5.91 Å². The third-order valence-electron chi connectivity index (χ3n) is 4.93. The Bertz CT molecular complexity index is 593. The number of rotatable bonds is 6. The number of carbonyl (C=O) groups is 1. The number of methoxy groups -OCH3 is 1. The van der Waals surface area contributed by atoms with Crippen molar-refractivity contribution < 1.29 is 19.0 Å². The van der Waals surface area contributed by atoms with Crippen LogP contribution in [0.4, 0.5) is 0 Å². The van der Waals surface area contributed by atoms with Crippen molar-refractivity contribution in [2.45, 2.75) is 31.1 Å². The van der Waals surface area contributed by atoms with Crippen LogP contribution < -0.4 is 4.74 Å². The first kappa shape index (κ1) is 18.2. The molecule has 2 aliphatic heterocycles. The number of likely N-dealkylation sites (tertiary alicyclic amines) is 1. The van der Waals surface area contributed by atoms with Gasteiger partial charge in [-0.05, 0) is 45.1 Å². The van der Waals surface area contributed by atoms with Crippen molar-refractivity contribution in [3.63, 3.8) is 0 Å². The van der Waals surface area contributed by atoms with Crippen molar-refractivity contribution in [3.8, 4) is 5.75 Å². The number of nitrogens with zero attached hydrogens (tertiary/aromatic N) is 2. The second-order valence-electron chi connectivity index (χ2n) is 6.95. The monoisotopic (exact) mass is 348 g/mol. The molecule has 0 radical (unpaired) electrons. The molecule has 0 aromatic heterocycles. The van der Waals surface area contributed by atoms with Crippen LogP contribution in [0.2, 0.25) is 0 Å². The van der Waals surface area contributed by atoms with Gasteiger partial charge in [0.15, 0.2) is 0 Å². The maximum Gasteiger partial charge on any atom is 0.254 e. The fourth-order valence-electron chi connectivity index (χ4n) is 3.60. The highest BCUT2D eigenvalue weighted by Gasteiger charge is 2.46. The standard InChI is InChI=1S/C19H28N2O4/c1-20(2)9-11-24-17-13-21(16-8-5-10-25-18(16)17)19(22)14-6-4-7-15(12-14)23-3/h4,6-7,12,16-18H,5,8-11,13H2,1-3H3/t16-,17+,18+/m0/s1. The molecule has 25 heavy (non-hydrogen) atoms. The van der Waals surface area contributed by atoms with E-state index in [1.807, 2.05) is 37.2 Å². The molecule has 0 saturated carbocycles. The third kappa shape index (κ3) is 4.14. The van der Waals surface area contributed by atoms with Crippen LogP contribution in [-0.4, -0.2) is 81.5 Å². The van der Waals surface area contributed by atoms with Gasteiger partial charge < -0.3 is 24.0 Å². The predicted octanol–water partition coefficient (Wildman–Crippen LogP) is 1.65. The summed E-state index contributed by atoms with van der Waals surface area (Å²) in [5.74, 6) is 0.721. The van der Waals surface area contributed by atoms with Crippen LogP contribution in [-0.2, 0) is 9.47 Å². The van der Waals surface area contributed by atoms with Crippen molar-refractivity contribution in [2.75, 3.05) is 47.5 Å². The molecule has 0 bridgehead atoms. The molecule has 1 aromatic rings. The van der Waals surface area contributed by atoms with E-state index < -0.39 is 0 Å². The zero-order valence-corrected chi connectivity index (χ0v) is 15.3. The summed E-state index contributed by atoms with van der Waals surface area (Å²) in [6, 6.07) is 7.42. The summed E-state index contributed by atoms with van der Waals surface area (Å²) in [6.07, 6.45) is 1.87. The van der Waals surface area contributed by atoms with Crippen LogP contribution in [0.3, 0.4) is 0 Å². The number of likely N-dealkylation sites (N-methyl/N-ethyl adjacent to an activating group) is 1. The van der Waals surface area contributed by atoms with Gasteiger partial charge in [0, 0.05) is 18.7 Å². The van der Waals surface area contributed by atoms with E-state index in [9.17, 15) is 4.79 Å². The molecule has 1 amide bonds. The molecule has 3 rings (SSSR count). The predicted molar refractivity (Wildman–Crippen MR) is 95.1 cm³/mol. The fourth-order valence-corrected chi connectivity index (χ4v) is 3.60. The van der Waals surface area contributed by atoms with E-state index in [0.717, 1.165) is 26.0 Å². The number of hydrogen-bond acceptors (Lipinski definition) is 5. The lowest BCUT2D eigenvalue weighted by Crippen LogP contribution is -2.44. The van der Waals surface area contributed by atoms with E-state index >= 15 is 0 Å². The van der Waals surface area contributed by atoms with E-state index in [1.54, 1.807) is 13.2 Å². The molecule has 2 fully saturated rings. The summed E-state index contributed by atoms with van der Waals surface area (Å²) in [5.41, 5.74) is 0.651. The number of amides is 1. The van der Waals surface area contributed by atoms with Crippen LogP contribution >= 0.6 is 0 Å². The van der Waals surface area contributed by atoms with Gasteiger partial charge in [-0.1, -0.05) is 6.07 Å². The molecular weight excluding hydrogens is 320 g/mol. The number of ether oxygens (including phenoxy) is 3. The minimum absolute atomic E-state index is 0.0227. The van der Waals surface area contributed by atoms with E-state index in [0.29, 0.717) is 24.5 Å². The highest BCUT2D eigenvalue weighted by atomic mass is 16.5. The van der Waals surface area contributed by atoms with Crippen LogP contribution in [0.1, 0.15) is 23.2 Å². The second kappa shape index (κ2) is 8.17. The minimum Gasteiger partial charge on any atom is -0.497 e. The zero-order valence-electron chi connectivity index (χ0n) is 15.3. The molecule has 6 nitrogen and oxygen atoms in total. The molecule has 0 unspecified atom stereocenters. The highest BCUT2D eigenvalue weighted by Crippen LogP contribution is 2.32. The first-order valence-electron chi connectivity index (χ1n) is 8.93. The lowest BCUT2D eigenvalue weighted by molar-refractivity contribution is -0.0776. The van der Waals surface area contributed by atoms with Gasteiger partial charge in [0.2, 0.25) is 0 Å². The summed E-state index contributed by atoms with van der Waals surface area (Å²) >= 11 is 0. The van der Waals surface area contributed by atoms with Gasteiger partial charge in [0.1, 0.15) is 18.0 Å².